The van der Waals surface area contributed by atoms with Gasteiger partial charge in [0.1, 0.15) is 0 Å². The van der Waals surface area contributed by atoms with E-state index in [9.17, 15) is 10.2 Å². The Bertz CT molecular complexity index is 1680. The van der Waals surface area contributed by atoms with Crippen LogP contribution in [0.2, 0.25) is 0 Å². The second-order valence-corrected chi connectivity index (χ2v) is 22.0. The van der Waals surface area contributed by atoms with Gasteiger partial charge in [-0.3, -0.25) is 9.98 Å². The van der Waals surface area contributed by atoms with Crippen LogP contribution in [0.3, 0.4) is 0 Å². The van der Waals surface area contributed by atoms with Crippen molar-refractivity contribution in [2.24, 2.45) is 45.5 Å². The van der Waals surface area contributed by atoms with Gasteiger partial charge in [-0.15, -0.1) is 0 Å². The topological polar surface area (TPSA) is 137 Å². The van der Waals surface area contributed by atoms with Crippen LogP contribution < -0.4 is 10.2 Å². The van der Waals surface area contributed by atoms with Gasteiger partial charge in [-0.1, -0.05) is 90.1 Å². The summed E-state index contributed by atoms with van der Waals surface area (Å²) >= 11 is 0. The predicted molar refractivity (Wildman–Crippen MR) is 220 cm³/mol. The van der Waals surface area contributed by atoms with Crippen molar-refractivity contribution in [1.29, 1.82) is 0 Å². The second kappa shape index (κ2) is 15.6. The summed E-state index contributed by atoms with van der Waals surface area (Å²) in [6.45, 7) is 13.6. The van der Waals surface area contributed by atoms with Crippen molar-refractivity contribution in [3.8, 4) is 11.5 Å². The van der Waals surface area contributed by atoms with Crippen LogP contribution in [0.15, 0.2) is 34.3 Å². The quantitative estimate of drug-likeness (QED) is 0.162. The van der Waals surface area contributed by atoms with Crippen LogP contribution in [0.1, 0.15) is 178 Å². The number of benzene rings is 2. The largest absolute Gasteiger partial charge is 3.00 e. The normalized spacial score (nSPS) is 35.3. The molecule has 9 aliphatic carbocycles. The predicted octanol–water partition coefficient (Wildman–Crippen LogP) is 9.97. The minimum atomic E-state index is -1.75. The van der Waals surface area contributed by atoms with Crippen molar-refractivity contribution in [3.63, 3.8) is 0 Å². The van der Waals surface area contributed by atoms with Gasteiger partial charge in [-0.2, -0.15) is 0 Å². The molecule has 8 bridgehead atoms. The van der Waals surface area contributed by atoms with E-state index in [0.29, 0.717) is 0 Å². The van der Waals surface area contributed by atoms with Crippen LogP contribution in [0.25, 0.3) is 0 Å². The second-order valence-electron chi connectivity index (χ2n) is 22.0. The first kappa shape index (κ1) is 42.2. The van der Waals surface area contributed by atoms with E-state index in [0.717, 1.165) is 83.4 Å². The standard InChI is InChI=1S/C48H66N2O2.Co.NO3/c1-45(2,3)37-17-35(43(51)39(19-37)47-21-29-11-30(22-47)13-31(12-29)23-47)27-49-41-9-7-8-10-42(41)50-28-36-18-38(46(4,5)6)20-40(44(36)52)48-24-32-14-33(25-48)16-34(15-32)26-48;;2-1(3)4/h17-20,27-34,41-42,51-52H,7-16,21-26H2,1-6H3;;/q;+3;-1/p-2/t29?,30?,31?,32?,33?,34?,41-,42-,47?,48?;;/m0../s1. The van der Waals surface area contributed by atoms with Gasteiger partial charge in [0.25, 0.3) is 0 Å². The fourth-order valence-corrected chi connectivity index (χ4v) is 13.8. The van der Waals surface area contributed by atoms with E-state index < -0.39 is 5.09 Å². The Morgan fingerprint density at radius 1 is 0.579 bits per heavy atom. The molecule has 9 saturated carbocycles. The summed E-state index contributed by atoms with van der Waals surface area (Å²) in [6, 6.07) is 8.95. The summed E-state index contributed by atoms with van der Waals surface area (Å²) in [6.07, 6.45) is 23.5. The molecule has 0 N–H and O–H groups in total. The number of nitrogens with zero attached hydrogens (tertiary/aromatic N) is 3. The maximum Gasteiger partial charge on any atom is 3.00 e. The maximum absolute atomic E-state index is 14.5. The fourth-order valence-electron chi connectivity index (χ4n) is 13.8. The van der Waals surface area contributed by atoms with E-state index in [4.69, 9.17) is 25.3 Å². The molecule has 11 rings (SSSR count). The Morgan fingerprint density at radius 2 is 0.860 bits per heavy atom. The monoisotopic (exact) mass is 821 g/mol. The molecule has 9 fully saturated rings. The van der Waals surface area contributed by atoms with Crippen LogP contribution >= 0.6 is 0 Å². The fraction of sp³-hybridized carbons (Fsp3) is 0.708. The third-order valence-electron chi connectivity index (χ3n) is 15.7. The molecule has 57 heavy (non-hydrogen) atoms. The first-order chi connectivity index (χ1) is 26.4. The molecule has 9 heteroatoms. The van der Waals surface area contributed by atoms with Gasteiger partial charge >= 0.3 is 16.8 Å². The van der Waals surface area contributed by atoms with Crippen LogP contribution in [-0.2, 0) is 38.4 Å². The minimum absolute atomic E-state index is 0. The first-order valence-corrected chi connectivity index (χ1v) is 22.0. The SMILES string of the molecule is CC(C)(C)c1cc(C=N[C@H]2CCCC[C@@H]2N=Cc2cc(C(C)(C)C)cc(C34CC5CC(CC(C5)C3)C4)c2[O-])c([O-])c(C23CC4CC(CC(C4)C2)C3)c1.O=[N+]([O-])[O-].[Co+3]. The molecule has 0 aromatic heterocycles. The van der Waals surface area contributed by atoms with Crippen molar-refractivity contribution in [2.75, 3.05) is 0 Å². The smallest absolute Gasteiger partial charge is 0.872 e. The number of aliphatic imine (C=N–C) groups is 2. The third kappa shape index (κ3) is 8.44. The van der Waals surface area contributed by atoms with Crippen LogP contribution in [0, 0.1) is 50.8 Å². The molecule has 310 valence electrons. The van der Waals surface area contributed by atoms with E-state index in [1.807, 2.05) is 12.4 Å². The Labute approximate surface area is 351 Å². The first-order valence-electron chi connectivity index (χ1n) is 22.0. The van der Waals surface area contributed by atoms with Crippen molar-refractivity contribution in [3.05, 3.63) is 73.0 Å². The van der Waals surface area contributed by atoms with Crippen molar-refractivity contribution in [2.45, 2.75) is 178 Å². The van der Waals surface area contributed by atoms with Gasteiger partial charge in [-0.05, 0) is 180 Å². The summed E-state index contributed by atoms with van der Waals surface area (Å²) < 4.78 is 0. The molecule has 0 saturated heterocycles. The van der Waals surface area contributed by atoms with E-state index in [-0.39, 0.29) is 62.0 Å². The summed E-state index contributed by atoms with van der Waals surface area (Å²) in [7, 11) is 0. The van der Waals surface area contributed by atoms with Gasteiger partial charge in [0.15, 0.2) is 0 Å². The average Bonchev–Trinajstić information content (AvgIpc) is 3.08. The molecule has 8 nitrogen and oxygen atoms in total. The maximum atomic E-state index is 14.5. The molecule has 9 aliphatic rings. The Morgan fingerprint density at radius 3 is 1.12 bits per heavy atom. The Hall–Kier alpha value is -2.91. The number of rotatable bonds is 6. The van der Waals surface area contributed by atoms with Crippen LogP contribution in [0.4, 0.5) is 0 Å². The molecule has 0 radical (unpaired) electrons. The molecule has 2 aromatic rings. The summed E-state index contributed by atoms with van der Waals surface area (Å²) in [5.41, 5.74) is 6.27. The average molecular weight is 822 g/mol. The molecule has 0 unspecified atom stereocenters. The van der Waals surface area contributed by atoms with Crippen LogP contribution in [-0.4, -0.2) is 29.6 Å². The van der Waals surface area contributed by atoms with E-state index >= 15 is 0 Å². The van der Waals surface area contributed by atoms with Crippen molar-refractivity contribution in [1.82, 2.24) is 0 Å². The minimum Gasteiger partial charge on any atom is -0.872 e. The third-order valence-corrected chi connectivity index (χ3v) is 15.7. The van der Waals surface area contributed by atoms with E-state index in [2.05, 4.69) is 65.8 Å². The summed E-state index contributed by atoms with van der Waals surface area (Å²) in [5, 5.41) is 43.7. The Kier molecular flexibility index (Phi) is 11.6. The molecular weight excluding hydrogens is 757 g/mol. The van der Waals surface area contributed by atoms with E-state index in [1.54, 1.807) is 0 Å². The molecule has 0 heterocycles. The van der Waals surface area contributed by atoms with Gasteiger partial charge < -0.3 is 25.5 Å². The molecule has 2 aromatic carbocycles. The van der Waals surface area contributed by atoms with Gasteiger partial charge in [0, 0.05) is 12.4 Å². The summed E-state index contributed by atoms with van der Waals surface area (Å²) in [5.74, 6) is 5.22. The van der Waals surface area contributed by atoms with Crippen molar-refractivity contribution >= 4 is 12.4 Å². The van der Waals surface area contributed by atoms with Gasteiger partial charge in [0.05, 0.1) is 17.2 Å². The molecule has 0 aliphatic heterocycles. The van der Waals surface area contributed by atoms with Gasteiger partial charge in [-0.25, -0.2) is 0 Å². The van der Waals surface area contributed by atoms with Crippen LogP contribution in [0.5, 0.6) is 11.5 Å². The van der Waals surface area contributed by atoms with E-state index in [1.165, 1.54) is 88.2 Å². The molecule has 0 spiro atoms. The molecule has 2 atom stereocenters. The zero-order valence-corrected chi connectivity index (χ0v) is 36.2. The molecular formula is C48H64CoN3O5. The molecule has 0 amide bonds. The zero-order valence-electron chi connectivity index (χ0n) is 35.1. The van der Waals surface area contributed by atoms with Crippen molar-refractivity contribution < 1.29 is 32.1 Å². The number of hydrogen-bond donors (Lipinski definition) is 0. The zero-order chi connectivity index (χ0) is 39.8. The van der Waals surface area contributed by atoms with Gasteiger partial charge in [0.2, 0.25) is 0 Å². The summed E-state index contributed by atoms with van der Waals surface area (Å²) in [4.78, 5) is 18.7. The Balaban J connectivity index is 0.000000949. The number of hydrogen-bond acceptors (Lipinski definition) is 7.